The molecule has 1 aromatic heterocycles. The summed E-state index contributed by atoms with van der Waals surface area (Å²) in [5.41, 5.74) is 3.66. The summed E-state index contributed by atoms with van der Waals surface area (Å²) >= 11 is 5.36. The van der Waals surface area contributed by atoms with Crippen LogP contribution in [0.4, 0.5) is 0 Å². The Kier molecular flexibility index (Phi) is 4.38. The molecule has 2 nitrogen and oxygen atoms in total. The van der Waals surface area contributed by atoms with Crippen LogP contribution in [0.2, 0.25) is 0 Å². The predicted molar refractivity (Wildman–Crippen MR) is 94.0 cm³/mol. The molecule has 3 rings (SSSR count). The molecule has 0 spiro atoms. The quantitative estimate of drug-likeness (QED) is 0.717. The van der Waals surface area contributed by atoms with Crippen LogP contribution in [0.15, 0.2) is 46.9 Å². The molecule has 0 aliphatic carbocycles. The topological polar surface area (TPSA) is 24.9 Å². The van der Waals surface area contributed by atoms with Crippen LogP contribution in [0.1, 0.15) is 22.2 Å². The van der Waals surface area contributed by atoms with Crippen LogP contribution in [0.3, 0.4) is 0 Å². The minimum absolute atomic E-state index is 0.279. The number of likely N-dealkylation sites (N-methyl/N-ethyl adjacent to an activating group) is 1. The molecule has 0 saturated heterocycles. The molecule has 4 heteroatoms. The molecular weight excluding hydrogens is 344 g/mol. The van der Waals surface area contributed by atoms with Crippen LogP contribution >= 0.6 is 27.3 Å². The van der Waals surface area contributed by atoms with E-state index in [1.807, 2.05) is 13.1 Å². The SMILES string of the molecule is CNC(Cc1nc2ccccc2s1)c1cc(C)cc(Br)c1. The Labute approximate surface area is 137 Å². The van der Waals surface area contributed by atoms with Gasteiger partial charge in [-0.25, -0.2) is 4.98 Å². The smallest absolute Gasteiger partial charge is 0.0957 e. The lowest BCUT2D eigenvalue weighted by Gasteiger charge is -2.16. The van der Waals surface area contributed by atoms with Crippen molar-refractivity contribution < 1.29 is 0 Å². The van der Waals surface area contributed by atoms with Crippen molar-refractivity contribution in [3.05, 3.63) is 63.1 Å². The van der Waals surface area contributed by atoms with Gasteiger partial charge in [0.25, 0.3) is 0 Å². The first kappa shape index (κ1) is 14.7. The first-order valence-corrected chi connectivity index (χ1v) is 8.55. The van der Waals surface area contributed by atoms with Crippen LogP contribution in [0, 0.1) is 6.92 Å². The number of thiazole rings is 1. The second-order valence-electron chi connectivity index (χ2n) is 5.18. The van der Waals surface area contributed by atoms with Gasteiger partial charge in [0.15, 0.2) is 0 Å². The Hall–Kier alpha value is -1.23. The molecule has 1 atom stereocenters. The molecule has 1 unspecified atom stereocenters. The van der Waals surface area contributed by atoms with Crippen LogP contribution in [-0.4, -0.2) is 12.0 Å². The summed E-state index contributed by atoms with van der Waals surface area (Å²) in [5.74, 6) is 0. The lowest BCUT2D eigenvalue weighted by atomic mass is 10.0. The Bertz CT molecular complexity index is 713. The summed E-state index contributed by atoms with van der Waals surface area (Å²) in [4.78, 5) is 4.74. The van der Waals surface area contributed by atoms with Crippen molar-refractivity contribution in [3.8, 4) is 0 Å². The fourth-order valence-corrected chi connectivity index (χ4v) is 4.17. The average Bonchev–Trinajstić information content (AvgIpc) is 2.86. The summed E-state index contributed by atoms with van der Waals surface area (Å²) in [6.45, 7) is 2.12. The van der Waals surface area contributed by atoms with Crippen LogP contribution in [0.5, 0.6) is 0 Å². The monoisotopic (exact) mass is 360 g/mol. The summed E-state index contributed by atoms with van der Waals surface area (Å²) < 4.78 is 2.38. The van der Waals surface area contributed by atoms with Crippen LogP contribution in [0.25, 0.3) is 10.2 Å². The minimum atomic E-state index is 0.279. The van der Waals surface area contributed by atoms with Crippen molar-refractivity contribution in [2.75, 3.05) is 7.05 Å². The van der Waals surface area contributed by atoms with E-state index in [1.54, 1.807) is 11.3 Å². The predicted octanol–water partition coefficient (Wildman–Crippen LogP) is 4.87. The third-order valence-corrected chi connectivity index (χ3v) is 5.05. The lowest BCUT2D eigenvalue weighted by molar-refractivity contribution is 0.590. The molecule has 1 heterocycles. The number of aryl methyl sites for hydroxylation is 1. The molecule has 2 aromatic carbocycles. The van der Waals surface area contributed by atoms with Gasteiger partial charge in [0.1, 0.15) is 0 Å². The highest BCUT2D eigenvalue weighted by Crippen LogP contribution is 2.27. The number of hydrogen-bond acceptors (Lipinski definition) is 3. The highest BCUT2D eigenvalue weighted by atomic mass is 79.9. The van der Waals surface area contributed by atoms with E-state index in [9.17, 15) is 0 Å². The third kappa shape index (κ3) is 3.34. The second-order valence-corrected chi connectivity index (χ2v) is 7.21. The van der Waals surface area contributed by atoms with E-state index in [2.05, 4.69) is 64.6 Å². The first-order valence-electron chi connectivity index (χ1n) is 6.94. The molecule has 0 saturated carbocycles. The Morgan fingerprint density at radius 3 is 2.76 bits per heavy atom. The van der Waals surface area contributed by atoms with E-state index in [0.717, 1.165) is 16.4 Å². The number of nitrogens with one attached hydrogen (secondary N) is 1. The molecule has 1 N–H and O–H groups in total. The second kappa shape index (κ2) is 6.26. The maximum Gasteiger partial charge on any atom is 0.0957 e. The number of nitrogens with zero attached hydrogens (tertiary/aromatic N) is 1. The van der Waals surface area contributed by atoms with Gasteiger partial charge in [-0.2, -0.15) is 0 Å². The van der Waals surface area contributed by atoms with Crippen LogP contribution in [-0.2, 0) is 6.42 Å². The third-order valence-electron chi connectivity index (χ3n) is 3.53. The van der Waals surface area contributed by atoms with Gasteiger partial charge in [-0.15, -0.1) is 11.3 Å². The van der Waals surface area contributed by atoms with E-state index in [1.165, 1.54) is 20.8 Å². The number of benzene rings is 2. The molecule has 108 valence electrons. The molecule has 0 aliphatic heterocycles. The van der Waals surface area contributed by atoms with Gasteiger partial charge in [-0.05, 0) is 49.4 Å². The first-order chi connectivity index (χ1) is 10.2. The summed E-state index contributed by atoms with van der Waals surface area (Å²) in [6, 6.07) is 15.1. The number of para-hydroxylation sites is 1. The van der Waals surface area contributed by atoms with Crippen molar-refractivity contribution >= 4 is 37.5 Å². The maximum atomic E-state index is 4.74. The fourth-order valence-electron chi connectivity index (χ4n) is 2.53. The largest absolute Gasteiger partial charge is 0.313 e. The van der Waals surface area contributed by atoms with Gasteiger partial charge in [-0.1, -0.05) is 34.1 Å². The number of fused-ring (bicyclic) bond motifs is 1. The van der Waals surface area contributed by atoms with Crippen molar-refractivity contribution in [2.24, 2.45) is 0 Å². The standard InChI is InChI=1S/C17H17BrN2S/c1-11-7-12(9-13(18)8-11)15(19-2)10-17-20-14-5-3-4-6-16(14)21-17/h3-9,15,19H,10H2,1-2H3. The molecule has 3 aromatic rings. The van der Waals surface area contributed by atoms with Crippen molar-refractivity contribution in [3.63, 3.8) is 0 Å². The number of halogens is 1. The molecule has 21 heavy (non-hydrogen) atoms. The Balaban J connectivity index is 1.89. The Morgan fingerprint density at radius 2 is 2.05 bits per heavy atom. The van der Waals surface area contributed by atoms with Gasteiger partial charge in [0.05, 0.1) is 15.2 Å². The van der Waals surface area contributed by atoms with Gasteiger partial charge >= 0.3 is 0 Å². The van der Waals surface area contributed by atoms with Gasteiger partial charge in [0.2, 0.25) is 0 Å². The maximum absolute atomic E-state index is 4.74. The van der Waals surface area contributed by atoms with Crippen molar-refractivity contribution in [1.29, 1.82) is 0 Å². The van der Waals surface area contributed by atoms with E-state index in [-0.39, 0.29) is 6.04 Å². The number of rotatable bonds is 4. The molecule has 0 amide bonds. The van der Waals surface area contributed by atoms with Gasteiger partial charge in [0, 0.05) is 16.9 Å². The molecule has 0 aliphatic rings. The van der Waals surface area contributed by atoms with E-state index < -0.39 is 0 Å². The van der Waals surface area contributed by atoms with E-state index in [0.29, 0.717) is 0 Å². The van der Waals surface area contributed by atoms with Crippen molar-refractivity contribution in [1.82, 2.24) is 10.3 Å². The summed E-state index contributed by atoms with van der Waals surface area (Å²) in [5, 5.41) is 4.59. The molecular formula is C17H17BrN2S. The molecule has 0 fully saturated rings. The number of aromatic nitrogens is 1. The van der Waals surface area contributed by atoms with Gasteiger partial charge < -0.3 is 5.32 Å². The normalized spacial score (nSPS) is 12.7. The van der Waals surface area contributed by atoms with Crippen molar-refractivity contribution in [2.45, 2.75) is 19.4 Å². The number of hydrogen-bond donors (Lipinski definition) is 1. The highest BCUT2D eigenvalue weighted by molar-refractivity contribution is 9.10. The van der Waals surface area contributed by atoms with E-state index >= 15 is 0 Å². The molecule has 0 bridgehead atoms. The zero-order chi connectivity index (χ0) is 14.8. The fraction of sp³-hybridized carbons (Fsp3) is 0.235. The van der Waals surface area contributed by atoms with Gasteiger partial charge in [-0.3, -0.25) is 0 Å². The summed E-state index contributed by atoms with van der Waals surface area (Å²) in [7, 11) is 2.01. The minimum Gasteiger partial charge on any atom is -0.313 e. The summed E-state index contributed by atoms with van der Waals surface area (Å²) in [6.07, 6.45) is 0.908. The Morgan fingerprint density at radius 1 is 1.24 bits per heavy atom. The molecule has 0 radical (unpaired) electrons. The zero-order valence-corrected chi connectivity index (χ0v) is 14.5. The van der Waals surface area contributed by atoms with E-state index in [4.69, 9.17) is 4.98 Å². The average molecular weight is 361 g/mol. The lowest BCUT2D eigenvalue weighted by Crippen LogP contribution is -2.18. The highest BCUT2D eigenvalue weighted by Gasteiger charge is 2.14. The zero-order valence-electron chi connectivity index (χ0n) is 12.1. The van der Waals surface area contributed by atoms with Crippen LogP contribution < -0.4 is 5.32 Å².